The molecule has 0 bridgehead atoms. The van der Waals surface area contributed by atoms with Crippen LogP contribution in [0.1, 0.15) is 0 Å². The lowest BCUT2D eigenvalue weighted by Gasteiger charge is -2.26. The molecule has 2 nitrogen and oxygen atoms in total. The summed E-state index contributed by atoms with van der Waals surface area (Å²) < 4.78 is 2.37. The van der Waals surface area contributed by atoms with E-state index < -0.39 is 0 Å². The van der Waals surface area contributed by atoms with Gasteiger partial charge in [-0.15, -0.1) is 0 Å². The number of nitrogens with zero attached hydrogens (tertiary/aromatic N) is 2. The van der Waals surface area contributed by atoms with Gasteiger partial charge in [-0.1, -0.05) is 152 Å². The van der Waals surface area contributed by atoms with Gasteiger partial charge in [-0.3, -0.25) is 0 Å². The number of anilines is 3. The third kappa shape index (κ3) is 5.71. The van der Waals surface area contributed by atoms with E-state index in [-0.39, 0.29) is 0 Å². The highest BCUT2D eigenvalue weighted by atomic mass is 15.1. The Hall–Kier alpha value is -7.16. The second-order valence-corrected chi connectivity index (χ2v) is 13.8. The van der Waals surface area contributed by atoms with Gasteiger partial charge < -0.3 is 9.47 Å². The monoisotopic (exact) mass is 688 g/mol. The van der Waals surface area contributed by atoms with Gasteiger partial charge in [0.05, 0.1) is 11.0 Å². The van der Waals surface area contributed by atoms with Crippen LogP contribution in [0.2, 0.25) is 0 Å². The Morgan fingerprint density at radius 3 is 1.41 bits per heavy atom. The molecule has 0 aliphatic rings. The first kappa shape index (κ1) is 31.6. The fourth-order valence-corrected chi connectivity index (χ4v) is 7.86. The number of aromatic nitrogens is 1. The first-order valence-electron chi connectivity index (χ1n) is 18.5. The lowest BCUT2D eigenvalue weighted by molar-refractivity contribution is 1.18. The lowest BCUT2D eigenvalue weighted by Crippen LogP contribution is -2.10. The number of benzene rings is 9. The summed E-state index contributed by atoms with van der Waals surface area (Å²) in [6, 6.07) is 78.9. The van der Waals surface area contributed by atoms with E-state index in [0.717, 1.165) is 22.7 Å². The van der Waals surface area contributed by atoms with E-state index in [1.165, 1.54) is 66.0 Å². The SMILES string of the molecule is c1ccc(-c2ccc(-c3ccc(N(c4ccc(-c5ccc6ccccc6c5)cc4)c4ccc5c(c4)c4ccccc4n5-c4ccccc4)cc3)cc2)cc1. The Morgan fingerprint density at radius 1 is 0.278 bits per heavy atom. The Bertz CT molecular complexity index is 2890. The van der Waals surface area contributed by atoms with E-state index in [4.69, 9.17) is 0 Å². The third-order valence-corrected chi connectivity index (χ3v) is 10.6. The van der Waals surface area contributed by atoms with E-state index >= 15 is 0 Å². The van der Waals surface area contributed by atoms with Gasteiger partial charge in [-0.05, 0) is 111 Å². The molecule has 1 heterocycles. The van der Waals surface area contributed by atoms with Gasteiger partial charge in [0.2, 0.25) is 0 Å². The molecular weight excluding hydrogens is 653 g/mol. The molecule has 10 aromatic rings. The van der Waals surface area contributed by atoms with E-state index in [0.29, 0.717) is 0 Å². The molecule has 0 fully saturated rings. The van der Waals surface area contributed by atoms with Crippen LogP contribution in [0.25, 0.3) is 71.6 Å². The van der Waals surface area contributed by atoms with Crippen LogP contribution in [0.5, 0.6) is 0 Å². The Kier molecular flexibility index (Phi) is 7.85. The topological polar surface area (TPSA) is 8.17 Å². The van der Waals surface area contributed by atoms with Crippen molar-refractivity contribution in [3.05, 3.63) is 218 Å². The molecule has 54 heavy (non-hydrogen) atoms. The summed E-state index contributed by atoms with van der Waals surface area (Å²) in [7, 11) is 0. The molecule has 0 amide bonds. The van der Waals surface area contributed by atoms with Crippen molar-refractivity contribution >= 4 is 49.6 Å². The van der Waals surface area contributed by atoms with Gasteiger partial charge in [-0.25, -0.2) is 0 Å². The molecule has 0 unspecified atom stereocenters. The molecule has 0 saturated carbocycles. The van der Waals surface area contributed by atoms with Gasteiger partial charge in [0, 0.05) is 33.5 Å². The molecule has 1 aromatic heterocycles. The molecule has 0 saturated heterocycles. The number of hydrogen-bond donors (Lipinski definition) is 0. The summed E-state index contributed by atoms with van der Waals surface area (Å²) in [4.78, 5) is 2.38. The lowest BCUT2D eigenvalue weighted by atomic mass is 9.99. The smallest absolute Gasteiger partial charge is 0.0542 e. The number of hydrogen-bond acceptors (Lipinski definition) is 1. The highest BCUT2D eigenvalue weighted by molar-refractivity contribution is 6.10. The average molecular weight is 689 g/mol. The average Bonchev–Trinajstić information content (AvgIpc) is 3.58. The molecule has 0 spiro atoms. The van der Waals surface area contributed by atoms with Crippen LogP contribution in [0.15, 0.2) is 218 Å². The molecule has 0 radical (unpaired) electrons. The van der Waals surface area contributed by atoms with Crippen LogP contribution >= 0.6 is 0 Å². The molecule has 9 aromatic carbocycles. The normalized spacial score (nSPS) is 11.3. The summed E-state index contributed by atoms with van der Waals surface area (Å²) in [5, 5.41) is 4.96. The number of fused-ring (bicyclic) bond motifs is 4. The Labute approximate surface area is 315 Å². The van der Waals surface area contributed by atoms with Crippen LogP contribution in [0.4, 0.5) is 17.1 Å². The predicted molar refractivity (Wildman–Crippen MR) is 229 cm³/mol. The quantitative estimate of drug-likeness (QED) is 0.162. The zero-order valence-corrected chi connectivity index (χ0v) is 29.7. The predicted octanol–water partition coefficient (Wildman–Crippen LogP) is 14.4. The second-order valence-electron chi connectivity index (χ2n) is 13.8. The largest absolute Gasteiger partial charge is 0.310 e. The van der Waals surface area contributed by atoms with Gasteiger partial charge in [0.1, 0.15) is 0 Å². The second kappa shape index (κ2) is 13.4. The summed E-state index contributed by atoms with van der Waals surface area (Å²) in [6.07, 6.45) is 0. The van der Waals surface area contributed by atoms with E-state index in [9.17, 15) is 0 Å². The van der Waals surface area contributed by atoms with Crippen molar-refractivity contribution in [3.63, 3.8) is 0 Å². The van der Waals surface area contributed by atoms with Gasteiger partial charge in [-0.2, -0.15) is 0 Å². The molecule has 254 valence electrons. The summed E-state index contributed by atoms with van der Waals surface area (Å²) >= 11 is 0. The molecule has 0 aliphatic carbocycles. The maximum absolute atomic E-state index is 2.38. The Balaban J connectivity index is 1.07. The van der Waals surface area contributed by atoms with Crippen molar-refractivity contribution in [2.45, 2.75) is 0 Å². The van der Waals surface area contributed by atoms with Gasteiger partial charge in [0.15, 0.2) is 0 Å². The van der Waals surface area contributed by atoms with Gasteiger partial charge in [0.25, 0.3) is 0 Å². The number of para-hydroxylation sites is 2. The van der Waals surface area contributed by atoms with Crippen LogP contribution < -0.4 is 4.90 Å². The molecule has 10 rings (SSSR count). The minimum absolute atomic E-state index is 1.10. The minimum Gasteiger partial charge on any atom is -0.310 e. The summed E-state index contributed by atoms with van der Waals surface area (Å²) in [6.45, 7) is 0. The summed E-state index contributed by atoms with van der Waals surface area (Å²) in [5.74, 6) is 0. The van der Waals surface area contributed by atoms with E-state index in [1.807, 2.05) is 0 Å². The zero-order valence-electron chi connectivity index (χ0n) is 29.7. The van der Waals surface area contributed by atoms with Crippen LogP contribution in [-0.2, 0) is 0 Å². The Morgan fingerprint density at radius 2 is 0.741 bits per heavy atom. The molecule has 2 heteroatoms. The summed E-state index contributed by atoms with van der Waals surface area (Å²) in [5.41, 5.74) is 14.1. The van der Waals surface area contributed by atoms with E-state index in [1.54, 1.807) is 0 Å². The maximum atomic E-state index is 2.38. The van der Waals surface area contributed by atoms with Crippen molar-refractivity contribution in [2.75, 3.05) is 4.90 Å². The first-order valence-corrected chi connectivity index (χ1v) is 18.5. The van der Waals surface area contributed by atoms with Crippen molar-refractivity contribution in [2.24, 2.45) is 0 Å². The van der Waals surface area contributed by atoms with E-state index in [2.05, 4.69) is 228 Å². The molecule has 0 aliphatic heterocycles. The molecular formula is C52H36N2. The highest BCUT2D eigenvalue weighted by Crippen LogP contribution is 2.41. The fraction of sp³-hybridized carbons (Fsp3) is 0. The molecule has 0 atom stereocenters. The highest BCUT2D eigenvalue weighted by Gasteiger charge is 2.18. The third-order valence-electron chi connectivity index (χ3n) is 10.6. The van der Waals surface area contributed by atoms with Crippen LogP contribution in [0.3, 0.4) is 0 Å². The van der Waals surface area contributed by atoms with Crippen LogP contribution in [0, 0.1) is 0 Å². The van der Waals surface area contributed by atoms with Crippen molar-refractivity contribution in [3.8, 4) is 39.1 Å². The zero-order chi connectivity index (χ0) is 35.8. The molecule has 0 N–H and O–H groups in total. The van der Waals surface area contributed by atoms with Gasteiger partial charge >= 0.3 is 0 Å². The first-order chi connectivity index (χ1) is 26.8. The van der Waals surface area contributed by atoms with Crippen molar-refractivity contribution in [1.29, 1.82) is 0 Å². The maximum Gasteiger partial charge on any atom is 0.0542 e. The standard InChI is InChI=1S/C52H36N2/c1-3-11-37(12-4-1)39-19-21-40(22-20-39)41-25-29-46(30-26-41)53(47-31-27-42(28-32-47)44-24-23-38-13-7-8-14-43(38)35-44)48-33-34-52-50(36-48)49-17-9-10-18-51(49)54(52)45-15-5-2-6-16-45/h1-36H. The van der Waals surface area contributed by atoms with Crippen LogP contribution in [-0.4, -0.2) is 4.57 Å². The van der Waals surface area contributed by atoms with Crippen molar-refractivity contribution < 1.29 is 0 Å². The van der Waals surface area contributed by atoms with Crippen molar-refractivity contribution in [1.82, 2.24) is 4.57 Å². The fourth-order valence-electron chi connectivity index (χ4n) is 7.86. The number of rotatable bonds is 7. The minimum atomic E-state index is 1.10.